The van der Waals surface area contributed by atoms with Crippen molar-refractivity contribution in [2.24, 2.45) is 5.92 Å². The summed E-state index contributed by atoms with van der Waals surface area (Å²) in [7, 11) is 1.68. The van der Waals surface area contributed by atoms with Crippen LogP contribution >= 0.6 is 0 Å². The van der Waals surface area contributed by atoms with Gasteiger partial charge >= 0.3 is 5.97 Å². The second-order valence-corrected chi connectivity index (χ2v) is 3.22. The summed E-state index contributed by atoms with van der Waals surface area (Å²) < 4.78 is 0. The van der Waals surface area contributed by atoms with E-state index in [4.69, 9.17) is 5.11 Å². The highest BCUT2D eigenvalue weighted by molar-refractivity contribution is 6.06. The third kappa shape index (κ3) is 3.07. The van der Waals surface area contributed by atoms with Crippen LogP contribution in [0.15, 0.2) is 24.3 Å². The van der Waals surface area contributed by atoms with Gasteiger partial charge in [-0.3, -0.25) is 4.79 Å². The normalized spacial score (nSPS) is 22.9. The standard InChI is InChI=1S/C9H14BNO2/c10-11-8(9(12)13)6-7-4-2-1-3-5-7/h1-4,7-8,11H,5-6,10H2,(H,12,13). The van der Waals surface area contributed by atoms with E-state index in [1.165, 1.54) is 0 Å². The number of carboxylic acids is 1. The number of carboxylic acid groups (broad SMARTS) is 1. The van der Waals surface area contributed by atoms with Crippen LogP contribution in [0.2, 0.25) is 0 Å². The molecule has 1 aliphatic carbocycles. The molecule has 0 heterocycles. The van der Waals surface area contributed by atoms with E-state index in [9.17, 15) is 4.79 Å². The van der Waals surface area contributed by atoms with Gasteiger partial charge in [-0.05, 0) is 18.8 Å². The Morgan fingerprint density at radius 1 is 1.69 bits per heavy atom. The number of carbonyl (C=O) groups is 1. The predicted octanol–water partition coefficient (Wildman–Crippen LogP) is 0.0997. The highest BCUT2D eigenvalue weighted by atomic mass is 16.4. The average molecular weight is 179 g/mol. The average Bonchev–Trinajstić information content (AvgIpc) is 2.15. The minimum atomic E-state index is -0.773. The smallest absolute Gasteiger partial charge is 0.319 e. The Bertz CT molecular complexity index is 238. The second-order valence-electron chi connectivity index (χ2n) is 3.22. The molecule has 4 heteroatoms. The van der Waals surface area contributed by atoms with Gasteiger partial charge in [0.15, 0.2) is 7.98 Å². The molecule has 0 amide bonds. The van der Waals surface area contributed by atoms with Gasteiger partial charge in [0.25, 0.3) is 0 Å². The number of nitrogens with one attached hydrogen (secondary N) is 1. The number of hydrogen-bond donors (Lipinski definition) is 2. The van der Waals surface area contributed by atoms with Gasteiger partial charge in [-0.25, -0.2) is 0 Å². The molecule has 0 bridgehead atoms. The maximum atomic E-state index is 10.7. The molecular weight excluding hydrogens is 165 g/mol. The molecule has 3 nitrogen and oxygen atoms in total. The minimum Gasteiger partial charge on any atom is -0.480 e. The largest absolute Gasteiger partial charge is 0.480 e. The Balaban J connectivity index is 2.42. The maximum Gasteiger partial charge on any atom is 0.319 e. The molecule has 70 valence electrons. The van der Waals surface area contributed by atoms with Crippen LogP contribution in [0.1, 0.15) is 12.8 Å². The molecular formula is C9H14BNO2. The van der Waals surface area contributed by atoms with Crippen molar-refractivity contribution in [2.75, 3.05) is 0 Å². The van der Waals surface area contributed by atoms with Crippen LogP contribution in [0.3, 0.4) is 0 Å². The van der Waals surface area contributed by atoms with Crippen molar-refractivity contribution in [1.29, 1.82) is 0 Å². The summed E-state index contributed by atoms with van der Waals surface area (Å²) in [5.74, 6) is -0.413. The second kappa shape index (κ2) is 4.87. The van der Waals surface area contributed by atoms with Crippen molar-refractivity contribution in [2.45, 2.75) is 18.9 Å². The molecule has 2 unspecified atom stereocenters. The monoisotopic (exact) mass is 179 g/mol. The molecule has 0 fully saturated rings. The van der Waals surface area contributed by atoms with Gasteiger partial charge in [-0.15, -0.1) is 0 Å². The van der Waals surface area contributed by atoms with Crippen LogP contribution in [-0.2, 0) is 4.79 Å². The fourth-order valence-electron chi connectivity index (χ4n) is 1.45. The summed E-state index contributed by atoms with van der Waals surface area (Å²) >= 11 is 0. The molecule has 13 heavy (non-hydrogen) atoms. The van der Waals surface area contributed by atoms with Gasteiger partial charge < -0.3 is 10.3 Å². The van der Waals surface area contributed by atoms with Crippen molar-refractivity contribution in [3.05, 3.63) is 24.3 Å². The molecule has 0 aliphatic heterocycles. The van der Waals surface area contributed by atoms with E-state index in [0.29, 0.717) is 12.3 Å². The van der Waals surface area contributed by atoms with Crippen molar-refractivity contribution in [1.82, 2.24) is 5.23 Å². The summed E-state index contributed by atoms with van der Waals surface area (Å²) in [5, 5.41) is 11.6. The zero-order valence-electron chi connectivity index (χ0n) is 7.73. The quantitative estimate of drug-likeness (QED) is 0.601. The fraction of sp³-hybridized carbons (Fsp3) is 0.444. The maximum absolute atomic E-state index is 10.7. The zero-order valence-corrected chi connectivity index (χ0v) is 7.73. The van der Waals surface area contributed by atoms with E-state index < -0.39 is 12.0 Å². The predicted molar refractivity (Wildman–Crippen MR) is 54.1 cm³/mol. The van der Waals surface area contributed by atoms with Crippen LogP contribution in [0.25, 0.3) is 0 Å². The van der Waals surface area contributed by atoms with Crippen molar-refractivity contribution in [3.8, 4) is 0 Å². The zero-order chi connectivity index (χ0) is 9.68. The van der Waals surface area contributed by atoms with Gasteiger partial charge in [0.2, 0.25) is 0 Å². The van der Waals surface area contributed by atoms with E-state index in [1.807, 2.05) is 12.2 Å². The highest BCUT2D eigenvalue weighted by Crippen LogP contribution is 2.17. The molecule has 1 aliphatic rings. The van der Waals surface area contributed by atoms with Crippen molar-refractivity contribution < 1.29 is 9.90 Å². The van der Waals surface area contributed by atoms with Crippen molar-refractivity contribution in [3.63, 3.8) is 0 Å². The first-order valence-corrected chi connectivity index (χ1v) is 4.47. The summed E-state index contributed by atoms with van der Waals surface area (Å²) in [6.45, 7) is 0. The summed E-state index contributed by atoms with van der Waals surface area (Å²) in [6.07, 6.45) is 9.70. The molecule has 0 aromatic carbocycles. The van der Waals surface area contributed by atoms with Gasteiger partial charge in [-0.2, -0.15) is 0 Å². The fourth-order valence-corrected chi connectivity index (χ4v) is 1.45. The third-order valence-electron chi connectivity index (χ3n) is 2.25. The lowest BCUT2D eigenvalue weighted by molar-refractivity contribution is -0.139. The molecule has 0 aromatic heterocycles. The molecule has 0 spiro atoms. The van der Waals surface area contributed by atoms with Gasteiger partial charge in [0.05, 0.1) is 6.04 Å². The molecule has 0 saturated heterocycles. The lowest BCUT2D eigenvalue weighted by Gasteiger charge is -2.17. The molecule has 0 aromatic rings. The van der Waals surface area contributed by atoms with E-state index in [0.717, 1.165) is 6.42 Å². The minimum absolute atomic E-state index is 0.360. The Hall–Kier alpha value is -1.03. The van der Waals surface area contributed by atoms with E-state index in [2.05, 4.69) is 17.4 Å². The number of rotatable bonds is 4. The Kier molecular flexibility index (Phi) is 3.77. The van der Waals surface area contributed by atoms with Gasteiger partial charge in [0, 0.05) is 0 Å². The summed E-state index contributed by atoms with van der Waals surface area (Å²) in [5.41, 5.74) is 0. The van der Waals surface area contributed by atoms with Crippen LogP contribution in [0.5, 0.6) is 0 Å². The molecule has 2 atom stereocenters. The van der Waals surface area contributed by atoms with Crippen LogP contribution in [0.4, 0.5) is 0 Å². The highest BCUT2D eigenvalue weighted by Gasteiger charge is 2.18. The lowest BCUT2D eigenvalue weighted by Crippen LogP contribution is -2.36. The van der Waals surface area contributed by atoms with Crippen LogP contribution in [-0.4, -0.2) is 25.1 Å². The number of hydrogen-bond acceptors (Lipinski definition) is 2. The van der Waals surface area contributed by atoms with E-state index in [1.54, 1.807) is 7.98 Å². The molecule has 0 radical (unpaired) electrons. The molecule has 0 saturated carbocycles. The van der Waals surface area contributed by atoms with Gasteiger partial charge in [-0.1, -0.05) is 24.3 Å². The van der Waals surface area contributed by atoms with E-state index in [-0.39, 0.29) is 0 Å². The summed E-state index contributed by atoms with van der Waals surface area (Å²) in [4.78, 5) is 10.7. The topological polar surface area (TPSA) is 49.3 Å². The Labute approximate surface area is 79.0 Å². The number of allylic oxidation sites excluding steroid dienone is 4. The third-order valence-corrected chi connectivity index (χ3v) is 2.25. The van der Waals surface area contributed by atoms with Crippen molar-refractivity contribution >= 4 is 14.0 Å². The Morgan fingerprint density at radius 3 is 2.92 bits per heavy atom. The van der Waals surface area contributed by atoms with Crippen LogP contribution in [0, 0.1) is 5.92 Å². The molecule has 1 rings (SSSR count). The number of aliphatic carboxylic acids is 1. The van der Waals surface area contributed by atoms with Crippen LogP contribution < -0.4 is 5.23 Å². The SMILES string of the molecule is BNC(CC1C=CC=CC1)C(=O)O. The summed E-state index contributed by atoms with van der Waals surface area (Å²) in [6, 6.07) is -0.429. The molecule has 2 N–H and O–H groups in total. The van der Waals surface area contributed by atoms with E-state index >= 15 is 0 Å². The first kappa shape index (κ1) is 10.1. The lowest BCUT2D eigenvalue weighted by atomic mass is 9.93. The first-order chi connectivity index (χ1) is 6.24. The first-order valence-electron chi connectivity index (χ1n) is 4.47. The Morgan fingerprint density at radius 2 is 2.46 bits per heavy atom. The van der Waals surface area contributed by atoms with Gasteiger partial charge in [0.1, 0.15) is 0 Å².